The molecule has 20 heavy (non-hydrogen) atoms. The van der Waals surface area contributed by atoms with Crippen LogP contribution in [0.1, 0.15) is 26.7 Å². The predicted octanol–water partition coefficient (Wildman–Crippen LogP) is 0.233. The third-order valence-electron chi connectivity index (χ3n) is 5.83. The summed E-state index contributed by atoms with van der Waals surface area (Å²) in [4.78, 5) is 11.7. The third kappa shape index (κ3) is 1.57. The summed E-state index contributed by atoms with van der Waals surface area (Å²) in [7, 11) is 0. The first-order valence-electron chi connectivity index (χ1n) is 7.22. The molecule has 1 saturated heterocycles. The zero-order chi connectivity index (χ0) is 14.8. The Bertz CT molecular complexity index is 461. The van der Waals surface area contributed by atoms with E-state index in [0.717, 1.165) is 0 Å². The fourth-order valence-electron chi connectivity index (χ4n) is 4.79. The molecule has 5 nitrogen and oxygen atoms in total. The lowest BCUT2D eigenvalue weighted by Gasteiger charge is -2.41. The molecular weight excluding hydrogens is 260 g/mol. The molecule has 112 valence electrons. The highest BCUT2D eigenvalue weighted by molar-refractivity contribution is 5.91. The second-order valence-electron chi connectivity index (χ2n) is 6.86. The lowest BCUT2D eigenvalue weighted by atomic mass is 9.67. The van der Waals surface area contributed by atoms with Crippen LogP contribution in [0.25, 0.3) is 0 Å². The van der Waals surface area contributed by atoms with E-state index in [1.165, 1.54) is 0 Å². The van der Waals surface area contributed by atoms with E-state index < -0.39 is 41.7 Å². The molecule has 8 atom stereocenters. The molecule has 0 unspecified atom stereocenters. The van der Waals surface area contributed by atoms with Crippen LogP contribution in [0.3, 0.4) is 0 Å². The summed E-state index contributed by atoms with van der Waals surface area (Å²) < 4.78 is 5.32. The minimum absolute atomic E-state index is 0.0514. The monoisotopic (exact) mass is 282 g/mol. The van der Waals surface area contributed by atoms with Crippen LogP contribution in [0.5, 0.6) is 0 Å². The van der Waals surface area contributed by atoms with Gasteiger partial charge in [0.1, 0.15) is 6.10 Å². The van der Waals surface area contributed by atoms with Crippen molar-refractivity contribution in [1.82, 2.24) is 0 Å². The Morgan fingerprint density at radius 2 is 1.95 bits per heavy atom. The molecule has 0 radical (unpaired) electrons. The number of carbonyl (C=O) groups is 1. The summed E-state index contributed by atoms with van der Waals surface area (Å²) in [6.07, 6.45) is -1.92. The molecule has 0 aromatic heterocycles. The largest absolute Gasteiger partial charge is 0.458 e. The molecule has 3 rings (SSSR count). The van der Waals surface area contributed by atoms with Gasteiger partial charge in [0.15, 0.2) is 0 Å². The summed E-state index contributed by atoms with van der Waals surface area (Å²) in [5.74, 6) is -1.10. The maximum Gasteiger partial charge on any atom is 0.334 e. The predicted molar refractivity (Wildman–Crippen MR) is 70.5 cm³/mol. The number of aliphatic hydroxyl groups excluding tert-OH is 3. The second-order valence-corrected chi connectivity index (χ2v) is 6.86. The summed E-state index contributed by atoms with van der Waals surface area (Å²) in [5, 5.41) is 31.4. The van der Waals surface area contributed by atoms with Gasteiger partial charge in [-0.2, -0.15) is 0 Å². The van der Waals surface area contributed by atoms with Crippen molar-refractivity contribution in [2.75, 3.05) is 0 Å². The molecule has 5 heteroatoms. The molecule has 3 fully saturated rings. The van der Waals surface area contributed by atoms with E-state index in [0.29, 0.717) is 6.42 Å². The first-order valence-corrected chi connectivity index (χ1v) is 7.22. The number of aliphatic hydroxyl groups is 3. The molecule has 0 bridgehead atoms. The van der Waals surface area contributed by atoms with E-state index in [9.17, 15) is 20.1 Å². The van der Waals surface area contributed by atoms with Gasteiger partial charge in [-0.05, 0) is 18.3 Å². The Kier molecular flexibility index (Phi) is 3.01. The standard InChI is InChI=1S/C15H22O5/c1-6-4-9-11(7(2)14(19)20-9)13(18)15(3)10(17)5-8(16)12(6)15/h6,8-13,16-18H,2,4-5H2,1,3H3/t6-,8-,9+,10+,11-,12-,13-,15-/m1/s1. The Hall–Kier alpha value is -0.910. The van der Waals surface area contributed by atoms with Crippen LogP contribution >= 0.6 is 0 Å². The van der Waals surface area contributed by atoms with Gasteiger partial charge < -0.3 is 20.1 Å². The van der Waals surface area contributed by atoms with Crippen LogP contribution in [0.4, 0.5) is 0 Å². The van der Waals surface area contributed by atoms with E-state index in [1.807, 2.05) is 6.92 Å². The second kappa shape index (κ2) is 4.29. The van der Waals surface area contributed by atoms with Crippen LogP contribution in [0.15, 0.2) is 12.2 Å². The number of esters is 1. The van der Waals surface area contributed by atoms with Crippen LogP contribution in [0, 0.1) is 23.2 Å². The van der Waals surface area contributed by atoms with Gasteiger partial charge in [-0.25, -0.2) is 4.79 Å². The molecule has 1 aliphatic heterocycles. The lowest BCUT2D eigenvalue weighted by molar-refractivity contribution is -0.140. The highest BCUT2D eigenvalue weighted by Crippen LogP contribution is 2.56. The fraction of sp³-hybridized carbons (Fsp3) is 0.800. The first-order chi connectivity index (χ1) is 9.28. The van der Waals surface area contributed by atoms with Crippen molar-refractivity contribution >= 4 is 5.97 Å². The van der Waals surface area contributed by atoms with Crippen molar-refractivity contribution in [1.29, 1.82) is 0 Å². The zero-order valence-electron chi connectivity index (χ0n) is 11.8. The van der Waals surface area contributed by atoms with Gasteiger partial charge in [0.05, 0.1) is 24.2 Å². The molecule has 3 N–H and O–H groups in total. The minimum Gasteiger partial charge on any atom is -0.458 e. The maximum absolute atomic E-state index is 11.7. The summed E-state index contributed by atoms with van der Waals surface area (Å²) >= 11 is 0. The normalized spacial score (nSPS) is 55.1. The van der Waals surface area contributed by atoms with Crippen molar-refractivity contribution in [3.8, 4) is 0 Å². The minimum atomic E-state index is -0.937. The Balaban J connectivity index is 2.06. The molecule has 0 spiro atoms. The third-order valence-corrected chi connectivity index (χ3v) is 5.83. The molecule has 1 heterocycles. The molecule has 3 aliphatic rings. The Morgan fingerprint density at radius 1 is 1.30 bits per heavy atom. The average molecular weight is 282 g/mol. The highest BCUT2D eigenvalue weighted by Gasteiger charge is 2.63. The van der Waals surface area contributed by atoms with Gasteiger partial charge in [-0.15, -0.1) is 0 Å². The lowest BCUT2D eigenvalue weighted by Crippen LogP contribution is -2.49. The molecule has 0 aromatic rings. The van der Waals surface area contributed by atoms with Crippen molar-refractivity contribution < 1.29 is 24.9 Å². The Morgan fingerprint density at radius 3 is 2.60 bits per heavy atom. The van der Waals surface area contributed by atoms with Gasteiger partial charge in [-0.1, -0.05) is 20.4 Å². The topological polar surface area (TPSA) is 87.0 Å². The van der Waals surface area contributed by atoms with Gasteiger partial charge >= 0.3 is 5.97 Å². The van der Waals surface area contributed by atoms with Crippen LogP contribution < -0.4 is 0 Å². The molecule has 2 aliphatic carbocycles. The van der Waals surface area contributed by atoms with Gasteiger partial charge in [0, 0.05) is 17.4 Å². The number of fused-ring (bicyclic) bond motifs is 2. The molecule has 0 aromatic carbocycles. The maximum atomic E-state index is 11.7. The SMILES string of the molecule is C=C1C(=O)O[C@H]2C[C@@H](C)[C@@H]3[C@H](O)C[C@H](O)[C@@]3(C)[C@H](O)[C@H]12. The highest BCUT2D eigenvalue weighted by atomic mass is 16.6. The van der Waals surface area contributed by atoms with E-state index in [2.05, 4.69) is 6.58 Å². The zero-order valence-corrected chi connectivity index (χ0v) is 11.8. The smallest absolute Gasteiger partial charge is 0.334 e. The van der Waals surface area contributed by atoms with E-state index in [1.54, 1.807) is 6.92 Å². The van der Waals surface area contributed by atoms with E-state index >= 15 is 0 Å². The summed E-state index contributed by atoms with van der Waals surface area (Å²) in [6.45, 7) is 7.53. The Labute approximate surface area is 118 Å². The quantitative estimate of drug-likeness (QED) is 0.437. The number of ether oxygens (including phenoxy) is 1. The van der Waals surface area contributed by atoms with Crippen LogP contribution in [-0.4, -0.2) is 45.7 Å². The van der Waals surface area contributed by atoms with Crippen LogP contribution in [0.2, 0.25) is 0 Å². The van der Waals surface area contributed by atoms with E-state index in [4.69, 9.17) is 4.74 Å². The molecule has 0 amide bonds. The molecule has 2 saturated carbocycles. The van der Waals surface area contributed by atoms with Gasteiger partial charge in [0.2, 0.25) is 0 Å². The number of rotatable bonds is 0. The van der Waals surface area contributed by atoms with Crippen molar-refractivity contribution in [3.05, 3.63) is 12.2 Å². The van der Waals surface area contributed by atoms with Crippen molar-refractivity contribution in [2.24, 2.45) is 23.2 Å². The van der Waals surface area contributed by atoms with Crippen LogP contribution in [-0.2, 0) is 9.53 Å². The average Bonchev–Trinajstić information content (AvgIpc) is 2.72. The number of hydrogen-bond acceptors (Lipinski definition) is 5. The van der Waals surface area contributed by atoms with E-state index in [-0.39, 0.29) is 23.8 Å². The number of hydrogen-bond donors (Lipinski definition) is 3. The van der Waals surface area contributed by atoms with Gasteiger partial charge in [-0.3, -0.25) is 0 Å². The van der Waals surface area contributed by atoms with Gasteiger partial charge in [0.25, 0.3) is 0 Å². The number of carbonyl (C=O) groups excluding carboxylic acids is 1. The fourth-order valence-corrected chi connectivity index (χ4v) is 4.79. The summed E-state index contributed by atoms with van der Waals surface area (Å²) in [6, 6.07) is 0. The van der Waals surface area contributed by atoms with Crippen molar-refractivity contribution in [3.63, 3.8) is 0 Å². The molecular formula is C15H22O5. The summed E-state index contributed by atoms with van der Waals surface area (Å²) in [5.41, 5.74) is -0.556. The first kappa shape index (κ1) is 14.0. The van der Waals surface area contributed by atoms with Crippen molar-refractivity contribution in [2.45, 2.75) is 51.1 Å².